The Hall–Kier alpha value is -1.47. The van der Waals surface area contributed by atoms with E-state index in [1.54, 1.807) is 0 Å². The smallest absolute Gasteiger partial charge is 0.296 e. The van der Waals surface area contributed by atoms with E-state index in [4.69, 9.17) is 14.2 Å². The van der Waals surface area contributed by atoms with Gasteiger partial charge in [0.15, 0.2) is 6.67 Å². The average Bonchev–Trinajstić information content (AvgIpc) is 3.15. The first-order chi connectivity index (χ1) is 12.3. The summed E-state index contributed by atoms with van der Waals surface area (Å²) in [6.07, 6.45) is 4.35. The second-order valence-electron chi connectivity index (χ2n) is 7.48. The van der Waals surface area contributed by atoms with Gasteiger partial charge in [0.05, 0.1) is 31.1 Å². The number of nitrogens with zero attached hydrogens (tertiary/aromatic N) is 1. The second-order valence-corrected chi connectivity index (χ2v) is 7.48. The van der Waals surface area contributed by atoms with Crippen molar-refractivity contribution in [2.45, 2.75) is 43.7 Å². The highest BCUT2D eigenvalue weighted by Crippen LogP contribution is 2.50. The minimum atomic E-state index is -1.22. The van der Waals surface area contributed by atoms with Crippen molar-refractivity contribution < 1.29 is 23.9 Å². The van der Waals surface area contributed by atoms with Crippen LogP contribution < -0.4 is 9.80 Å². The summed E-state index contributed by atoms with van der Waals surface area (Å²) >= 11 is 0. The van der Waals surface area contributed by atoms with Crippen molar-refractivity contribution in [2.75, 3.05) is 37.9 Å². The number of hydrogen-bond donors (Lipinski definition) is 1. The van der Waals surface area contributed by atoms with Crippen molar-refractivity contribution in [3.63, 3.8) is 0 Å². The van der Waals surface area contributed by atoms with Crippen LogP contribution in [-0.4, -0.2) is 51.1 Å². The van der Waals surface area contributed by atoms with E-state index in [2.05, 4.69) is 0 Å². The SMILES string of the molecule is O=C1N(C[NH+]2CCOCC2)c2ccccc2C12O[C@@H]1CCCC[C@H]1O2. The summed E-state index contributed by atoms with van der Waals surface area (Å²) in [5, 5.41) is 0. The first-order valence-electron chi connectivity index (χ1n) is 9.46. The van der Waals surface area contributed by atoms with Crippen molar-refractivity contribution in [2.24, 2.45) is 0 Å². The lowest BCUT2D eigenvalue weighted by atomic mass is 9.95. The molecule has 0 unspecified atom stereocenters. The molecule has 6 heteroatoms. The minimum Gasteiger partial charge on any atom is -0.370 e. The molecule has 2 saturated heterocycles. The highest BCUT2D eigenvalue weighted by Gasteiger charge is 2.61. The summed E-state index contributed by atoms with van der Waals surface area (Å²) in [7, 11) is 0. The summed E-state index contributed by atoms with van der Waals surface area (Å²) in [4.78, 5) is 16.7. The van der Waals surface area contributed by atoms with E-state index in [1.165, 1.54) is 4.90 Å². The van der Waals surface area contributed by atoms with E-state index in [1.807, 2.05) is 29.2 Å². The molecule has 1 saturated carbocycles. The van der Waals surface area contributed by atoms with Crippen LogP contribution in [0.5, 0.6) is 0 Å². The van der Waals surface area contributed by atoms with Crippen LogP contribution in [0.3, 0.4) is 0 Å². The molecule has 25 heavy (non-hydrogen) atoms. The van der Waals surface area contributed by atoms with Gasteiger partial charge in [0, 0.05) is 5.56 Å². The van der Waals surface area contributed by atoms with Crippen LogP contribution in [0.25, 0.3) is 0 Å². The molecule has 1 aromatic rings. The monoisotopic (exact) mass is 345 g/mol. The van der Waals surface area contributed by atoms with E-state index in [9.17, 15) is 4.79 Å². The first-order valence-corrected chi connectivity index (χ1v) is 9.46. The maximum atomic E-state index is 13.4. The van der Waals surface area contributed by atoms with Crippen molar-refractivity contribution in [1.29, 1.82) is 0 Å². The van der Waals surface area contributed by atoms with Gasteiger partial charge in [-0.15, -0.1) is 0 Å². The van der Waals surface area contributed by atoms with Crippen LogP contribution in [-0.2, 0) is 24.8 Å². The molecule has 0 aromatic heterocycles. The van der Waals surface area contributed by atoms with Gasteiger partial charge in [0.2, 0.25) is 0 Å². The van der Waals surface area contributed by atoms with Crippen molar-refractivity contribution >= 4 is 11.6 Å². The molecule has 4 aliphatic rings. The number of anilines is 1. The standard InChI is InChI=1S/C19H24N2O4/c22-18-19(24-16-7-3-4-8-17(16)25-19)14-5-1-2-6-15(14)21(18)13-20-9-11-23-12-10-20/h1-2,5-6,16-17H,3-4,7-13H2/p+1/t16-,17-/m1/s1. The third kappa shape index (κ3) is 2.43. The summed E-state index contributed by atoms with van der Waals surface area (Å²) < 4.78 is 18.1. The van der Waals surface area contributed by atoms with E-state index >= 15 is 0 Å². The van der Waals surface area contributed by atoms with E-state index in [0.717, 1.165) is 63.2 Å². The van der Waals surface area contributed by atoms with Gasteiger partial charge in [0.25, 0.3) is 11.7 Å². The first kappa shape index (κ1) is 15.8. The predicted molar refractivity (Wildman–Crippen MR) is 90.2 cm³/mol. The molecule has 0 bridgehead atoms. The normalized spacial score (nSPS) is 31.4. The fourth-order valence-corrected chi connectivity index (χ4v) is 4.60. The molecule has 3 fully saturated rings. The molecule has 3 aliphatic heterocycles. The van der Waals surface area contributed by atoms with Gasteiger partial charge >= 0.3 is 0 Å². The molecular weight excluding hydrogens is 320 g/mol. The summed E-state index contributed by atoms with van der Waals surface area (Å²) in [6.45, 7) is 3.99. The average molecular weight is 345 g/mol. The Kier molecular flexibility index (Phi) is 3.82. The molecule has 1 amide bonds. The number of quaternary nitrogens is 1. The zero-order chi connectivity index (χ0) is 16.9. The molecule has 134 valence electrons. The zero-order valence-electron chi connectivity index (χ0n) is 14.4. The fourth-order valence-electron chi connectivity index (χ4n) is 4.60. The van der Waals surface area contributed by atoms with Gasteiger partial charge < -0.3 is 19.1 Å². The molecule has 3 heterocycles. The van der Waals surface area contributed by atoms with Crippen LogP contribution >= 0.6 is 0 Å². The Labute approximate surface area is 147 Å². The largest absolute Gasteiger partial charge is 0.370 e. The summed E-state index contributed by atoms with van der Waals surface area (Å²) in [5.41, 5.74) is 1.81. The number of morpholine rings is 1. The Morgan fingerprint density at radius 3 is 2.48 bits per heavy atom. The molecule has 0 radical (unpaired) electrons. The van der Waals surface area contributed by atoms with Crippen molar-refractivity contribution in [3.8, 4) is 0 Å². The molecule has 5 rings (SSSR count). The summed E-state index contributed by atoms with van der Waals surface area (Å²) in [5.74, 6) is -1.27. The highest BCUT2D eigenvalue weighted by molar-refractivity contribution is 6.06. The number of rotatable bonds is 2. The summed E-state index contributed by atoms with van der Waals surface area (Å²) in [6, 6.07) is 7.94. The molecule has 1 spiro atoms. The van der Waals surface area contributed by atoms with Crippen LogP contribution in [0.1, 0.15) is 31.2 Å². The molecular formula is C19H25N2O4+. The molecule has 1 aromatic carbocycles. The van der Waals surface area contributed by atoms with Gasteiger partial charge in [-0.3, -0.25) is 9.69 Å². The number of fused-ring (bicyclic) bond motifs is 3. The highest BCUT2D eigenvalue weighted by atomic mass is 16.8. The van der Waals surface area contributed by atoms with Crippen LogP contribution in [0.2, 0.25) is 0 Å². The van der Waals surface area contributed by atoms with Gasteiger partial charge in [-0.25, -0.2) is 0 Å². The molecule has 1 aliphatic carbocycles. The zero-order valence-corrected chi connectivity index (χ0v) is 14.4. The lowest BCUT2D eigenvalue weighted by molar-refractivity contribution is -0.906. The maximum Gasteiger partial charge on any atom is 0.296 e. The number of benzene rings is 1. The second kappa shape index (κ2) is 6.06. The number of ether oxygens (including phenoxy) is 3. The lowest BCUT2D eigenvalue weighted by Crippen LogP contribution is -3.15. The quantitative estimate of drug-likeness (QED) is 0.844. The number of para-hydroxylation sites is 1. The fraction of sp³-hybridized carbons (Fsp3) is 0.632. The Morgan fingerprint density at radius 2 is 1.76 bits per heavy atom. The van der Waals surface area contributed by atoms with Crippen LogP contribution in [0, 0.1) is 0 Å². The molecule has 2 atom stereocenters. The lowest BCUT2D eigenvalue weighted by Gasteiger charge is -2.29. The van der Waals surface area contributed by atoms with Gasteiger partial charge in [-0.2, -0.15) is 0 Å². The van der Waals surface area contributed by atoms with Crippen molar-refractivity contribution in [1.82, 2.24) is 0 Å². The number of hydrogen-bond acceptors (Lipinski definition) is 4. The number of nitrogens with one attached hydrogen (secondary N) is 1. The Balaban J connectivity index is 1.48. The van der Waals surface area contributed by atoms with E-state index in [0.29, 0.717) is 6.67 Å². The van der Waals surface area contributed by atoms with Gasteiger partial charge in [-0.1, -0.05) is 31.0 Å². The number of carbonyl (C=O) groups is 1. The van der Waals surface area contributed by atoms with Gasteiger partial charge in [0.1, 0.15) is 13.1 Å². The minimum absolute atomic E-state index is 0.0430. The third-order valence-electron chi connectivity index (χ3n) is 5.93. The Bertz CT molecular complexity index is 659. The Morgan fingerprint density at radius 1 is 1.08 bits per heavy atom. The third-order valence-corrected chi connectivity index (χ3v) is 5.93. The topological polar surface area (TPSA) is 52.4 Å². The van der Waals surface area contributed by atoms with Crippen molar-refractivity contribution in [3.05, 3.63) is 29.8 Å². The maximum absolute atomic E-state index is 13.4. The molecule has 1 N–H and O–H groups in total. The van der Waals surface area contributed by atoms with Crippen LogP contribution in [0.4, 0.5) is 5.69 Å². The van der Waals surface area contributed by atoms with Crippen LogP contribution in [0.15, 0.2) is 24.3 Å². The van der Waals surface area contributed by atoms with E-state index in [-0.39, 0.29) is 18.1 Å². The van der Waals surface area contributed by atoms with E-state index < -0.39 is 5.79 Å². The van der Waals surface area contributed by atoms with Gasteiger partial charge in [-0.05, 0) is 18.9 Å². The predicted octanol–water partition coefficient (Wildman–Crippen LogP) is 0.417. The number of carbonyl (C=O) groups excluding carboxylic acids is 1. The number of amides is 1. The molecule has 6 nitrogen and oxygen atoms in total.